The van der Waals surface area contributed by atoms with Crippen LogP contribution in [0.2, 0.25) is 0 Å². The Kier molecular flexibility index (Phi) is 4.00. The van der Waals surface area contributed by atoms with Gasteiger partial charge < -0.3 is 9.84 Å². The minimum Gasteiger partial charge on any atom is -0.481 e. The maximum atomic E-state index is 12.9. The molecular formula is C17H15FN4O4. The average Bonchev–Trinajstić information content (AvgIpc) is 3.32. The molecule has 134 valence electrons. The summed E-state index contributed by atoms with van der Waals surface area (Å²) < 4.78 is 19.9. The van der Waals surface area contributed by atoms with Crippen LogP contribution < -0.4 is 5.32 Å². The van der Waals surface area contributed by atoms with Gasteiger partial charge >= 0.3 is 5.97 Å². The molecule has 8 nitrogen and oxygen atoms in total. The number of ether oxygens (including phenoxy) is 1. The lowest BCUT2D eigenvalue weighted by Gasteiger charge is -2.19. The fourth-order valence-electron chi connectivity index (χ4n) is 3.31. The highest BCUT2D eigenvalue weighted by atomic mass is 19.1. The SMILES string of the molecule is O=C(O)[C@@H]1[C@H](C(=O)Nc2ncn(Cc3ccc(F)cc3)n2)[C@H]2C=C[C@H]1O2. The number of nitrogens with one attached hydrogen (secondary N) is 1. The first kappa shape index (κ1) is 16.4. The number of carbonyl (C=O) groups excluding carboxylic acids is 1. The van der Waals surface area contributed by atoms with E-state index in [-0.39, 0.29) is 11.8 Å². The molecular weight excluding hydrogens is 343 g/mol. The van der Waals surface area contributed by atoms with Gasteiger partial charge in [-0.1, -0.05) is 24.3 Å². The van der Waals surface area contributed by atoms with E-state index in [1.165, 1.54) is 23.1 Å². The summed E-state index contributed by atoms with van der Waals surface area (Å²) in [5, 5.41) is 16.0. The van der Waals surface area contributed by atoms with Gasteiger partial charge in [0.1, 0.15) is 18.1 Å². The smallest absolute Gasteiger partial charge is 0.310 e. The lowest BCUT2D eigenvalue weighted by molar-refractivity contribution is -0.145. The molecule has 26 heavy (non-hydrogen) atoms. The normalized spacial score (nSPS) is 26.2. The van der Waals surface area contributed by atoms with Crippen LogP contribution in [0.5, 0.6) is 0 Å². The molecule has 1 aromatic carbocycles. The summed E-state index contributed by atoms with van der Waals surface area (Å²) in [5.41, 5.74) is 0.826. The molecule has 1 fully saturated rings. The monoisotopic (exact) mass is 358 g/mol. The van der Waals surface area contributed by atoms with Crippen molar-refractivity contribution >= 4 is 17.8 Å². The summed E-state index contributed by atoms with van der Waals surface area (Å²) >= 11 is 0. The molecule has 4 atom stereocenters. The van der Waals surface area contributed by atoms with Crippen molar-refractivity contribution in [3.63, 3.8) is 0 Å². The third kappa shape index (κ3) is 2.97. The van der Waals surface area contributed by atoms with Crippen molar-refractivity contribution in [1.29, 1.82) is 0 Å². The van der Waals surface area contributed by atoms with Crippen molar-refractivity contribution in [2.45, 2.75) is 18.8 Å². The number of amides is 1. The molecule has 2 N–H and O–H groups in total. The third-order valence-electron chi connectivity index (χ3n) is 4.52. The minimum atomic E-state index is -1.07. The topological polar surface area (TPSA) is 106 Å². The Labute approximate surface area is 147 Å². The van der Waals surface area contributed by atoms with E-state index in [0.29, 0.717) is 6.54 Å². The van der Waals surface area contributed by atoms with Crippen LogP contribution in [-0.2, 0) is 20.9 Å². The number of rotatable bonds is 5. The number of carboxylic acids is 1. The number of aromatic nitrogens is 3. The van der Waals surface area contributed by atoms with E-state index >= 15 is 0 Å². The highest BCUT2D eigenvalue weighted by Gasteiger charge is 2.53. The van der Waals surface area contributed by atoms with Gasteiger partial charge in [-0.2, -0.15) is 0 Å². The fourth-order valence-corrected chi connectivity index (χ4v) is 3.31. The zero-order valence-electron chi connectivity index (χ0n) is 13.4. The Morgan fingerprint density at radius 3 is 2.58 bits per heavy atom. The van der Waals surface area contributed by atoms with Crippen LogP contribution in [0.25, 0.3) is 0 Å². The van der Waals surface area contributed by atoms with Crippen molar-refractivity contribution in [2.24, 2.45) is 11.8 Å². The molecule has 1 aromatic heterocycles. The third-order valence-corrected chi connectivity index (χ3v) is 4.52. The van der Waals surface area contributed by atoms with Gasteiger partial charge in [-0.05, 0) is 17.7 Å². The maximum Gasteiger partial charge on any atom is 0.310 e. The lowest BCUT2D eigenvalue weighted by Crippen LogP contribution is -2.39. The molecule has 4 rings (SSSR count). The van der Waals surface area contributed by atoms with E-state index in [4.69, 9.17) is 4.74 Å². The van der Waals surface area contributed by atoms with Gasteiger partial charge in [0.2, 0.25) is 11.9 Å². The van der Waals surface area contributed by atoms with Crippen LogP contribution in [0.15, 0.2) is 42.7 Å². The molecule has 2 aliphatic heterocycles. The average molecular weight is 358 g/mol. The molecule has 3 heterocycles. The van der Waals surface area contributed by atoms with Gasteiger partial charge in [0.05, 0.1) is 24.7 Å². The van der Waals surface area contributed by atoms with Gasteiger partial charge in [0.25, 0.3) is 0 Å². The molecule has 9 heteroatoms. The molecule has 0 saturated carbocycles. The summed E-state index contributed by atoms with van der Waals surface area (Å²) in [6, 6.07) is 5.96. The second-order valence-corrected chi connectivity index (χ2v) is 6.22. The first-order chi connectivity index (χ1) is 12.5. The number of hydrogen-bond acceptors (Lipinski definition) is 5. The lowest BCUT2D eigenvalue weighted by atomic mass is 9.82. The largest absolute Gasteiger partial charge is 0.481 e. The Morgan fingerprint density at radius 1 is 1.19 bits per heavy atom. The van der Waals surface area contributed by atoms with Crippen LogP contribution in [0.3, 0.4) is 0 Å². The van der Waals surface area contributed by atoms with Crippen LogP contribution in [0, 0.1) is 17.7 Å². The van der Waals surface area contributed by atoms with Crippen LogP contribution >= 0.6 is 0 Å². The molecule has 1 amide bonds. The van der Waals surface area contributed by atoms with Crippen LogP contribution in [0.1, 0.15) is 5.56 Å². The van der Waals surface area contributed by atoms with E-state index in [1.807, 2.05) is 0 Å². The number of fused-ring (bicyclic) bond motifs is 2. The zero-order chi connectivity index (χ0) is 18.3. The second-order valence-electron chi connectivity index (χ2n) is 6.22. The van der Waals surface area contributed by atoms with Gasteiger partial charge in [0, 0.05) is 0 Å². The fraction of sp³-hybridized carbons (Fsp3) is 0.294. The molecule has 2 aliphatic rings. The number of anilines is 1. The summed E-state index contributed by atoms with van der Waals surface area (Å²) in [7, 11) is 0. The molecule has 1 saturated heterocycles. The number of halogens is 1. The van der Waals surface area contributed by atoms with Gasteiger partial charge in [-0.25, -0.2) is 14.1 Å². The number of aliphatic carboxylic acids is 1. The predicted octanol–water partition coefficient (Wildman–Crippen LogP) is 1.06. The number of benzene rings is 1. The van der Waals surface area contributed by atoms with Crippen molar-refractivity contribution in [3.8, 4) is 0 Å². The maximum absolute atomic E-state index is 12.9. The van der Waals surface area contributed by atoms with E-state index in [9.17, 15) is 19.1 Å². The highest BCUT2D eigenvalue weighted by Crippen LogP contribution is 2.39. The number of carboxylic acid groups (broad SMARTS) is 1. The first-order valence-corrected chi connectivity index (χ1v) is 8.02. The van der Waals surface area contributed by atoms with Gasteiger partial charge in [0.15, 0.2) is 0 Å². The Morgan fingerprint density at radius 2 is 1.88 bits per heavy atom. The van der Waals surface area contributed by atoms with Crippen molar-refractivity contribution in [1.82, 2.24) is 14.8 Å². The Bertz CT molecular complexity index is 879. The van der Waals surface area contributed by atoms with E-state index in [1.54, 1.807) is 24.3 Å². The van der Waals surface area contributed by atoms with Crippen molar-refractivity contribution in [2.75, 3.05) is 5.32 Å². The minimum absolute atomic E-state index is 0.0769. The van der Waals surface area contributed by atoms with Crippen molar-refractivity contribution in [3.05, 3.63) is 54.1 Å². The highest BCUT2D eigenvalue weighted by molar-refractivity contribution is 5.95. The Hall–Kier alpha value is -3.07. The molecule has 2 bridgehead atoms. The molecule has 2 aromatic rings. The summed E-state index contributed by atoms with van der Waals surface area (Å²) in [6.07, 6.45) is 3.67. The van der Waals surface area contributed by atoms with E-state index in [0.717, 1.165) is 5.56 Å². The summed E-state index contributed by atoms with van der Waals surface area (Å²) in [4.78, 5) is 28.0. The van der Waals surface area contributed by atoms with Gasteiger partial charge in [-0.15, -0.1) is 5.10 Å². The predicted molar refractivity (Wildman–Crippen MR) is 86.6 cm³/mol. The zero-order valence-corrected chi connectivity index (χ0v) is 13.4. The second kappa shape index (κ2) is 6.34. The standard InChI is InChI=1S/C17H15FN4O4/c18-10-3-1-9(2-4-10)7-22-8-19-17(21-22)20-15(23)13-11-5-6-12(26-11)14(13)16(24)25/h1-6,8,11-14H,7H2,(H,24,25)(H,20,21,23)/t11-,12-,13-,14+/m1/s1. The van der Waals surface area contributed by atoms with Crippen LogP contribution in [0.4, 0.5) is 10.3 Å². The van der Waals surface area contributed by atoms with Crippen molar-refractivity contribution < 1.29 is 23.8 Å². The Balaban J connectivity index is 1.44. The molecule has 0 aliphatic carbocycles. The van der Waals surface area contributed by atoms with E-state index < -0.39 is 35.9 Å². The summed E-state index contributed by atoms with van der Waals surface area (Å²) in [6.45, 7) is 0.362. The quantitative estimate of drug-likeness (QED) is 0.774. The number of nitrogens with zero attached hydrogens (tertiary/aromatic N) is 3. The van der Waals surface area contributed by atoms with Gasteiger partial charge in [-0.3, -0.25) is 14.9 Å². The number of hydrogen-bond donors (Lipinski definition) is 2. The van der Waals surface area contributed by atoms with E-state index in [2.05, 4.69) is 15.4 Å². The number of carbonyl (C=O) groups is 2. The molecule has 0 unspecified atom stereocenters. The van der Waals surface area contributed by atoms with Crippen LogP contribution in [-0.4, -0.2) is 44.0 Å². The summed E-state index contributed by atoms with van der Waals surface area (Å²) in [5.74, 6) is -3.56. The molecule has 0 radical (unpaired) electrons. The molecule has 0 spiro atoms. The first-order valence-electron chi connectivity index (χ1n) is 8.02.